The fraction of sp³-hybridized carbons (Fsp3) is 0.667. The van der Waals surface area contributed by atoms with Crippen molar-refractivity contribution in [2.45, 2.75) is 103 Å². The average Bonchev–Trinajstić information content (AvgIpc) is 3.20. The number of benzene rings is 1. The zero-order valence-electron chi connectivity index (χ0n) is 18.6. The lowest BCUT2D eigenvalue weighted by molar-refractivity contribution is -0.384. The van der Waals surface area contributed by atoms with Crippen molar-refractivity contribution in [3.63, 3.8) is 0 Å². The highest BCUT2D eigenvalue weighted by molar-refractivity contribution is 5.89. The van der Waals surface area contributed by atoms with Crippen molar-refractivity contribution in [2.24, 2.45) is 0 Å². The summed E-state index contributed by atoms with van der Waals surface area (Å²) in [6.07, 6.45) is 12.8. The number of unbranched alkanes of at least 4 members (excludes halogenated alkanes) is 9. The highest BCUT2D eigenvalue weighted by Crippen LogP contribution is 2.25. The second-order valence-corrected chi connectivity index (χ2v) is 8.29. The van der Waals surface area contributed by atoms with Crippen LogP contribution in [0.15, 0.2) is 24.3 Å². The van der Waals surface area contributed by atoms with Gasteiger partial charge in [0.05, 0.1) is 10.5 Å². The summed E-state index contributed by atoms with van der Waals surface area (Å²) in [4.78, 5) is 34.3. The van der Waals surface area contributed by atoms with Gasteiger partial charge in [0.2, 0.25) is 0 Å². The fourth-order valence-corrected chi connectivity index (χ4v) is 3.89. The number of cyclic esters (lactones) is 1. The lowest BCUT2D eigenvalue weighted by atomic mass is 10.0. The highest BCUT2D eigenvalue weighted by atomic mass is 16.6. The van der Waals surface area contributed by atoms with Gasteiger partial charge in [-0.1, -0.05) is 64.7 Å². The first kappa shape index (κ1) is 24.8. The second kappa shape index (κ2) is 13.8. The predicted octanol–water partition coefficient (Wildman–Crippen LogP) is 6.14. The van der Waals surface area contributed by atoms with Gasteiger partial charge in [-0.3, -0.25) is 14.9 Å². The molecule has 1 aliphatic heterocycles. The summed E-state index contributed by atoms with van der Waals surface area (Å²) in [6, 6.07) is 5.34. The molecule has 0 radical (unpaired) electrons. The van der Waals surface area contributed by atoms with Crippen LogP contribution in [0, 0.1) is 10.1 Å². The van der Waals surface area contributed by atoms with Crippen molar-refractivity contribution >= 4 is 17.6 Å². The molecule has 2 rings (SSSR count). The molecule has 0 aromatic heterocycles. The Morgan fingerprint density at radius 1 is 1.06 bits per heavy atom. The quantitative estimate of drug-likeness (QED) is 0.143. The third-order valence-electron chi connectivity index (χ3n) is 5.74. The van der Waals surface area contributed by atoms with Gasteiger partial charge in [-0.05, 0) is 31.4 Å². The minimum atomic E-state index is -0.546. The van der Waals surface area contributed by atoms with E-state index in [0.717, 1.165) is 19.3 Å². The lowest BCUT2D eigenvalue weighted by Gasteiger charge is -2.23. The number of nitro groups is 1. The molecule has 7 heteroatoms. The average molecular weight is 434 g/mol. The SMILES string of the molecule is CCCCCCCCCCCC[C@@H](OC(=O)c1ccc([N+](=O)[O-])cc1)[C@@H]1CCC(=O)O1. The van der Waals surface area contributed by atoms with Crippen LogP contribution in [0.4, 0.5) is 5.69 Å². The number of non-ortho nitro benzene ring substituents is 1. The number of hydrogen-bond acceptors (Lipinski definition) is 6. The Labute approximate surface area is 184 Å². The molecule has 0 spiro atoms. The number of hydrogen-bond donors (Lipinski definition) is 0. The third-order valence-corrected chi connectivity index (χ3v) is 5.74. The van der Waals surface area contributed by atoms with Gasteiger partial charge >= 0.3 is 11.9 Å². The molecule has 1 heterocycles. The van der Waals surface area contributed by atoms with Gasteiger partial charge in [0.1, 0.15) is 12.2 Å². The molecule has 7 nitrogen and oxygen atoms in total. The Hall–Kier alpha value is -2.44. The molecular weight excluding hydrogens is 398 g/mol. The van der Waals surface area contributed by atoms with E-state index < -0.39 is 23.1 Å². The molecule has 1 fully saturated rings. The Kier molecular flexibility index (Phi) is 11.0. The molecule has 31 heavy (non-hydrogen) atoms. The Bertz CT molecular complexity index is 703. The first-order chi connectivity index (χ1) is 15.0. The normalized spacial score (nSPS) is 16.7. The van der Waals surface area contributed by atoms with E-state index in [-0.39, 0.29) is 17.2 Å². The van der Waals surface area contributed by atoms with E-state index >= 15 is 0 Å². The second-order valence-electron chi connectivity index (χ2n) is 8.29. The van der Waals surface area contributed by atoms with E-state index in [4.69, 9.17) is 9.47 Å². The van der Waals surface area contributed by atoms with Crippen LogP contribution in [0.5, 0.6) is 0 Å². The molecule has 2 atom stereocenters. The molecule has 0 aliphatic carbocycles. The fourth-order valence-electron chi connectivity index (χ4n) is 3.89. The Morgan fingerprint density at radius 2 is 1.65 bits per heavy atom. The van der Waals surface area contributed by atoms with Gasteiger partial charge in [0.15, 0.2) is 0 Å². The number of carbonyl (C=O) groups excluding carboxylic acids is 2. The van der Waals surface area contributed by atoms with Gasteiger partial charge < -0.3 is 9.47 Å². The number of carbonyl (C=O) groups is 2. The maximum Gasteiger partial charge on any atom is 0.338 e. The molecule has 1 saturated heterocycles. The summed E-state index contributed by atoms with van der Waals surface area (Å²) in [5.74, 6) is -0.806. The molecule has 0 N–H and O–H groups in total. The highest BCUT2D eigenvalue weighted by Gasteiger charge is 2.33. The zero-order chi connectivity index (χ0) is 22.5. The number of ether oxygens (including phenoxy) is 2. The summed E-state index contributed by atoms with van der Waals surface area (Å²) in [7, 11) is 0. The Balaban J connectivity index is 1.76. The summed E-state index contributed by atoms with van der Waals surface area (Å²) in [5.41, 5.74) is 0.172. The molecule has 0 unspecified atom stereocenters. The molecular formula is C24H35NO6. The van der Waals surface area contributed by atoms with Crippen LogP contribution in [0.2, 0.25) is 0 Å². The van der Waals surface area contributed by atoms with Crippen molar-refractivity contribution in [3.05, 3.63) is 39.9 Å². The van der Waals surface area contributed by atoms with Crippen LogP contribution in [-0.4, -0.2) is 29.1 Å². The molecule has 0 amide bonds. The van der Waals surface area contributed by atoms with Crippen molar-refractivity contribution in [2.75, 3.05) is 0 Å². The van der Waals surface area contributed by atoms with Crippen LogP contribution in [0.25, 0.3) is 0 Å². The van der Waals surface area contributed by atoms with Crippen LogP contribution in [-0.2, 0) is 14.3 Å². The van der Waals surface area contributed by atoms with Gasteiger partial charge in [-0.2, -0.15) is 0 Å². The van der Waals surface area contributed by atoms with Gasteiger partial charge in [-0.25, -0.2) is 4.79 Å². The Morgan fingerprint density at radius 3 is 2.16 bits per heavy atom. The first-order valence-corrected chi connectivity index (χ1v) is 11.7. The minimum absolute atomic E-state index is 0.0804. The standard InChI is InChI=1S/C24H35NO6/c1-2-3-4-5-6-7-8-9-10-11-12-21(22-17-18-23(26)30-22)31-24(27)19-13-15-20(16-14-19)25(28)29/h13-16,21-22H,2-12,17-18H2,1H3/t21-,22+/m1/s1. The van der Waals surface area contributed by atoms with Crippen molar-refractivity contribution in [1.82, 2.24) is 0 Å². The van der Waals surface area contributed by atoms with E-state index in [1.54, 1.807) is 0 Å². The molecule has 1 aromatic carbocycles. The van der Waals surface area contributed by atoms with Gasteiger partial charge in [-0.15, -0.1) is 0 Å². The van der Waals surface area contributed by atoms with Crippen molar-refractivity contribution in [3.8, 4) is 0 Å². The zero-order valence-corrected chi connectivity index (χ0v) is 18.6. The maximum atomic E-state index is 12.5. The molecule has 172 valence electrons. The largest absolute Gasteiger partial charge is 0.458 e. The third kappa shape index (κ3) is 9.07. The molecule has 0 saturated carbocycles. The number of nitrogens with zero attached hydrogens (tertiary/aromatic N) is 1. The van der Waals surface area contributed by atoms with Crippen molar-refractivity contribution < 1.29 is 24.0 Å². The summed E-state index contributed by atoms with van der Waals surface area (Å²) < 4.78 is 11.0. The van der Waals surface area contributed by atoms with Gasteiger partial charge in [0.25, 0.3) is 5.69 Å². The van der Waals surface area contributed by atoms with Crippen LogP contribution >= 0.6 is 0 Å². The number of esters is 2. The summed E-state index contributed by atoms with van der Waals surface area (Å²) in [6.45, 7) is 2.23. The predicted molar refractivity (Wildman–Crippen MR) is 118 cm³/mol. The van der Waals surface area contributed by atoms with Crippen LogP contribution in [0.3, 0.4) is 0 Å². The number of nitro benzene ring substituents is 1. The van der Waals surface area contributed by atoms with E-state index in [1.807, 2.05) is 0 Å². The molecule has 1 aromatic rings. The van der Waals surface area contributed by atoms with Gasteiger partial charge in [0, 0.05) is 18.6 Å². The van der Waals surface area contributed by atoms with Crippen LogP contribution in [0.1, 0.15) is 101 Å². The summed E-state index contributed by atoms with van der Waals surface area (Å²) in [5, 5.41) is 10.8. The molecule has 0 bridgehead atoms. The first-order valence-electron chi connectivity index (χ1n) is 11.7. The topological polar surface area (TPSA) is 95.7 Å². The van der Waals surface area contributed by atoms with E-state index in [2.05, 4.69) is 6.92 Å². The van der Waals surface area contributed by atoms with Crippen molar-refractivity contribution in [1.29, 1.82) is 0 Å². The number of rotatable bonds is 15. The maximum absolute atomic E-state index is 12.5. The minimum Gasteiger partial charge on any atom is -0.458 e. The smallest absolute Gasteiger partial charge is 0.338 e. The van der Waals surface area contributed by atoms with Crippen LogP contribution < -0.4 is 0 Å². The lowest BCUT2D eigenvalue weighted by Crippen LogP contribution is -2.31. The molecule has 1 aliphatic rings. The van der Waals surface area contributed by atoms with E-state index in [1.165, 1.54) is 69.2 Å². The monoisotopic (exact) mass is 433 g/mol. The summed E-state index contributed by atoms with van der Waals surface area (Å²) >= 11 is 0. The van der Waals surface area contributed by atoms with E-state index in [9.17, 15) is 19.7 Å². The van der Waals surface area contributed by atoms with E-state index in [0.29, 0.717) is 19.3 Å².